The molecule has 19 heavy (non-hydrogen) atoms. The molecule has 96 valence electrons. The average molecular weight is 276 g/mol. The lowest BCUT2D eigenvalue weighted by Crippen LogP contribution is -2.02. The molecule has 3 rings (SSSR count). The average Bonchev–Trinajstić information content (AvgIpc) is 2.83. The van der Waals surface area contributed by atoms with E-state index in [0.29, 0.717) is 22.4 Å². The van der Waals surface area contributed by atoms with Crippen molar-refractivity contribution in [3.8, 4) is 11.5 Å². The Kier molecular flexibility index (Phi) is 2.97. The SMILES string of the molecule is Oc1ccccc1OCc1nnc2cccc(Cl)n12. The topological polar surface area (TPSA) is 59.7 Å². The molecular formula is C13H10ClN3O2. The van der Waals surface area contributed by atoms with Crippen molar-refractivity contribution in [2.75, 3.05) is 0 Å². The van der Waals surface area contributed by atoms with E-state index in [-0.39, 0.29) is 12.4 Å². The Bertz CT molecular complexity index is 727. The Hall–Kier alpha value is -2.27. The van der Waals surface area contributed by atoms with Crippen LogP contribution < -0.4 is 4.74 Å². The number of fused-ring (bicyclic) bond motifs is 1. The highest BCUT2D eigenvalue weighted by atomic mass is 35.5. The molecule has 0 fully saturated rings. The molecule has 0 aliphatic carbocycles. The van der Waals surface area contributed by atoms with Gasteiger partial charge in [-0.15, -0.1) is 10.2 Å². The van der Waals surface area contributed by atoms with Gasteiger partial charge in [0.05, 0.1) is 0 Å². The quantitative estimate of drug-likeness (QED) is 0.747. The second-order valence-corrected chi connectivity index (χ2v) is 4.30. The number of phenolic OH excluding ortho intramolecular Hbond substituents is 1. The molecule has 0 aliphatic rings. The van der Waals surface area contributed by atoms with Crippen molar-refractivity contribution < 1.29 is 9.84 Å². The van der Waals surface area contributed by atoms with Gasteiger partial charge in [-0.2, -0.15) is 0 Å². The standard InChI is InChI=1S/C13H10ClN3O2/c14-11-6-3-7-12-15-16-13(17(11)12)8-19-10-5-2-1-4-9(10)18/h1-7,18H,8H2. The van der Waals surface area contributed by atoms with Gasteiger partial charge in [0.2, 0.25) is 0 Å². The first-order valence-electron chi connectivity index (χ1n) is 5.65. The van der Waals surface area contributed by atoms with Crippen molar-refractivity contribution in [2.24, 2.45) is 0 Å². The number of para-hydroxylation sites is 2. The highest BCUT2D eigenvalue weighted by molar-refractivity contribution is 6.29. The van der Waals surface area contributed by atoms with Gasteiger partial charge < -0.3 is 9.84 Å². The lowest BCUT2D eigenvalue weighted by molar-refractivity contribution is 0.279. The summed E-state index contributed by atoms with van der Waals surface area (Å²) in [6, 6.07) is 12.1. The van der Waals surface area contributed by atoms with Crippen LogP contribution in [0.5, 0.6) is 11.5 Å². The predicted octanol–water partition coefficient (Wildman–Crippen LogP) is 2.67. The van der Waals surface area contributed by atoms with E-state index in [0.717, 1.165) is 0 Å². The number of aromatic nitrogens is 3. The Morgan fingerprint density at radius 1 is 1.11 bits per heavy atom. The summed E-state index contributed by atoms with van der Waals surface area (Å²) in [5.74, 6) is 1.05. The maximum Gasteiger partial charge on any atom is 0.176 e. The number of benzene rings is 1. The summed E-state index contributed by atoms with van der Waals surface area (Å²) in [6.45, 7) is 0.169. The van der Waals surface area contributed by atoms with Crippen molar-refractivity contribution in [2.45, 2.75) is 6.61 Å². The molecule has 0 bridgehead atoms. The van der Waals surface area contributed by atoms with Crippen molar-refractivity contribution in [1.82, 2.24) is 14.6 Å². The second-order valence-electron chi connectivity index (χ2n) is 3.91. The third kappa shape index (κ3) is 2.20. The minimum Gasteiger partial charge on any atom is -0.504 e. The fourth-order valence-electron chi connectivity index (χ4n) is 1.77. The van der Waals surface area contributed by atoms with E-state index in [1.807, 2.05) is 6.07 Å². The Morgan fingerprint density at radius 3 is 2.79 bits per heavy atom. The first-order valence-corrected chi connectivity index (χ1v) is 6.03. The molecule has 1 aromatic carbocycles. The van der Waals surface area contributed by atoms with Crippen LogP contribution in [0, 0.1) is 0 Å². The van der Waals surface area contributed by atoms with E-state index >= 15 is 0 Å². The molecule has 0 atom stereocenters. The number of hydrogen-bond acceptors (Lipinski definition) is 4. The molecule has 0 saturated heterocycles. The van der Waals surface area contributed by atoms with Gasteiger partial charge in [0.15, 0.2) is 23.0 Å². The van der Waals surface area contributed by atoms with Gasteiger partial charge >= 0.3 is 0 Å². The molecule has 0 radical (unpaired) electrons. The molecule has 0 spiro atoms. The minimum absolute atomic E-state index is 0.0856. The third-order valence-electron chi connectivity index (χ3n) is 2.67. The summed E-state index contributed by atoms with van der Waals surface area (Å²) in [4.78, 5) is 0. The van der Waals surface area contributed by atoms with E-state index in [1.165, 1.54) is 0 Å². The van der Waals surface area contributed by atoms with Crippen LogP contribution in [0.2, 0.25) is 5.15 Å². The van der Waals surface area contributed by atoms with E-state index in [1.54, 1.807) is 40.8 Å². The van der Waals surface area contributed by atoms with E-state index < -0.39 is 0 Å². The van der Waals surface area contributed by atoms with Crippen LogP contribution >= 0.6 is 11.6 Å². The van der Waals surface area contributed by atoms with Gasteiger partial charge in [0.25, 0.3) is 0 Å². The monoisotopic (exact) mass is 275 g/mol. The van der Waals surface area contributed by atoms with Crippen LogP contribution in [0.25, 0.3) is 5.65 Å². The predicted molar refractivity (Wildman–Crippen MR) is 70.4 cm³/mol. The normalized spacial score (nSPS) is 10.8. The summed E-state index contributed by atoms with van der Waals surface area (Å²) in [7, 11) is 0. The summed E-state index contributed by atoms with van der Waals surface area (Å²) in [5.41, 5.74) is 0.656. The van der Waals surface area contributed by atoms with Gasteiger partial charge in [0, 0.05) is 0 Å². The highest BCUT2D eigenvalue weighted by Crippen LogP contribution is 2.25. The van der Waals surface area contributed by atoms with Crippen LogP contribution in [0.3, 0.4) is 0 Å². The Balaban J connectivity index is 1.89. The highest BCUT2D eigenvalue weighted by Gasteiger charge is 2.09. The number of rotatable bonds is 3. The zero-order valence-corrected chi connectivity index (χ0v) is 10.6. The van der Waals surface area contributed by atoms with Gasteiger partial charge in [-0.25, -0.2) is 0 Å². The molecule has 5 nitrogen and oxygen atoms in total. The fourth-order valence-corrected chi connectivity index (χ4v) is 2.03. The molecule has 6 heteroatoms. The molecule has 1 N–H and O–H groups in total. The number of aromatic hydroxyl groups is 1. The summed E-state index contributed by atoms with van der Waals surface area (Å²) < 4.78 is 7.21. The van der Waals surface area contributed by atoms with Gasteiger partial charge in [-0.3, -0.25) is 4.40 Å². The number of phenols is 1. The summed E-state index contributed by atoms with van der Waals surface area (Å²) in [6.07, 6.45) is 0. The Morgan fingerprint density at radius 2 is 1.95 bits per heavy atom. The van der Waals surface area contributed by atoms with Crippen LogP contribution in [-0.2, 0) is 6.61 Å². The number of pyridine rings is 1. The van der Waals surface area contributed by atoms with Crippen LogP contribution in [0.4, 0.5) is 0 Å². The van der Waals surface area contributed by atoms with E-state index in [2.05, 4.69) is 10.2 Å². The molecule has 2 aromatic heterocycles. The molecular weight excluding hydrogens is 266 g/mol. The number of halogens is 1. The van der Waals surface area contributed by atoms with Crippen LogP contribution in [0.1, 0.15) is 5.82 Å². The van der Waals surface area contributed by atoms with Gasteiger partial charge in [0.1, 0.15) is 11.8 Å². The van der Waals surface area contributed by atoms with Crippen molar-refractivity contribution in [1.29, 1.82) is 0 Å². The maximum atomic E-state index is 9.61. The number of ether oxygens (including phenoxy) is 1. The van der Waals surface area contributed by atoms with Gasteiger partial charge in [-0.05, 0) is 24.3 Å². The number of hydrogen-bond donors (Lipinski definition) is 1. The third-order valence-corrected chi connectivity index (χ3v) is 2.96. The molecule has 0 amide bonds. The van der Waals surface area contributed by atoms with Crippen LogP contribution in [0.15, 0.2) is 42.5 Å². The molecule has 0 aliphatic heterocycles. The maximum absolute atomic E-state index is 9.61. The lowest BCUT2D eigenvalue weighted by atomic mass is 10.3. The molecule has 2 heterocycles. The zero-order chi connectivity index (χ0) is 13.2. The minimum atomic E-state index is 0.0856. The molecule has 0 unspecified atom stereocenters. The van der Waals surface area contributed by atoms with Crippen molar-refractivity contribution in [3.05, 3.63) is 53.4 Å². The van der Waals surface area contributed by atoms with Crippen LogP contribution in [-0.4, -0.2) is 19.7 Å². The summed E-state index contributed by atoms with van der Waals surface area (Å²) in [5, 5.41) is 18.1. The van der Waals surface area contributed by atoms with Crippen molar-refractivity contribution in [3.63, 3.8) is 0 Å². The lowest BCUT2D eigenvalue weighted by Gasteiger charge is -2.07. The number of nitrogens with zero attached hydrogens (tertiary/aromatic N) is 3. The Labute approximate surface area is 114 Å². The van der Waals surface area contributed by atoms with Gasteiger partial charge in [-0.1, -0.05) is 29.8 Å². The molecule has 0 saturated carbocycles. The van der Waals surface area contributed by atoms with Crippen molar-refractivity contribution >= 4 is 17.2 Å². The molecule has 3 aromatic rings. The van der Waals surface area contributed by atoms with E-state index in [4.69, 9.17) is 16.3 Å². The fraction of sp³-hybridized carbons (Fsp3) is 0.0769. The summed E-state index contributed by atoms with van der Waals surface area (Å²) >= 11 is 6.09. The first-order chi connectivity index (χ1) is 9.25. The first kappa shape index (κ1) is 11.8. The van der Waals surface area contributed by atoms with E-state index in [9.17, 15) is 5.11 Å². The smallest absolute Gasteiger partial charge is 0.176 e. The second kappa shape index (κ2) is 4.78. The zero-order valence-electron chi connectivity index (χ0n) is 9.82. The largest absolute Gasteiger partial charge is 0.504 e.